The zero-order valence-electron chi connectivity index (χ0n) is 26.9. The molecule has 2 aromatic carbocycles. The summed E-state index contributed by atoms with van der Waals surface area (Å²) in [6.45, 7) is 6.71. The van der Waals surface area contributed by atoms with Gasteiger partial charge in [0.15, 0.2) is 0 Å². The van der Waals surface area contributed by atoms with Gasteiger partial charge in [-0.1, -0.05) is 23.2 Å². The molecule has 1 saturated heterocycles. The van der Waals surface area contributed by atoms with E-state index in [1.54, 1.807) is 78.0 Å². The highest BCUT2D eigenvalue weighted by atomic mass is 35.5. The fourth-order valence-electron chi connectivity index (χ4n) is 4.55. The van der Waals surface area contributed by atoms with Crippen molar-refractivity contribution in [1.82, 2.24) is 14.9 Å². The summed E-state index contributed by atoms with van der Waals surface area (Å²) in [5.74, 6) is 3.13. The Hall–Kier alpha value is -4.94. The quantitative estimate of drug-likeness (QED) is 0.139. The Bertz CT molecular complexity index is 1730. The van der Waals surface area contributed by atoms with Gasteiger partial charge in [0.1, 0.15) is 40.2 Å². The normalized spacial score (nSPS) is 13.1. The van der Waals surface area contributed by atoms with Gasteiger partial charge in [-0.3, -0.25) is 4.79 Å². The van der Waals surface area contributed by atoms with Gasteiger partial charge in [0, 0.05) is 56.2 Å². The summed E-state index contributed by atoms with van der Waals surface area (Å²) in [6.07, 6.45) is 4.70. The Kier molecular flexibility index (Phi) is 12.2. The molecule has 0 atom stereocenters. The Labute approximate surface area is 289 Å². The lowest BCUT2D eigenvalue weighted by Crippen LogP contribution is -2.42. The minimum atomic E-state index is -0.515. The van der Waals surface area contributed by atoms with Crippen LogP contribution in [0, 0.1) is 5.92 Å². The van der Waals surface area contributed by atoms with Crippen molar-refractivity contribution in [2.45, 2.75) is 45.6 Å². The van der Waals surface area contributed by atoms with E-state index in [1.165, 1.54) is 0 Å². The van der Waals surface area contributed by atoms with Crippen LogP contribution in [0.15, 0.2) is 73.1 Å². The Morgan fingerprint density at radius 1 is 0.812 bits per heavy atom. The van der Waals surface area contributed by atoms with Crippen LogP contribution in [0.1, 0.15) is 40.0 Å². The Morgan fingerprint density at radius 2 is 1.33 bits per heavy atom. The van der Waals surface area contributed by atoms with E-state index in [2.05, 4.69) is 15.3 Å². The molecule has 0 unspecified atom stereocenters. The standard InChI is InChI=1S/C23H29ClN4O4.C11H10ClN3O/c1-23(2,3)32-22(30)28-10-7-15(8-11-28)12-21(29)27-20-14-17(6-9-26-20)31-16-4-5-19(25)18(24)13-16;12-9-5-7(1-2-10(9)13)16-8-3-4-15-11(14)6-8/h4-6,9,13-15H,7-8,10-12,25H2,1-3H3,(H,26,27,29);1-6H,13H2,(H2,14,15). The highest BCUT2D eigenvalue weighted by Gasteiger charge is 2.28. The summed E-state index contributed by atoms with van der Waals surface area (Å²) in [6, 6.07) is 16.7. The summed E-state index contributed by atoms with van der Waals surface area (Å²) >= 11 is 11.9. The van der Waals surface area contributed by atoms with Gasteiger partial charge in [0.05, 0.1) is 21.4 Å². The molecule has 0 bridgehead atoms. The lowest BCUT2D eigenvalue weighted by molar-refractivity contribution is -0.117. The average Bonchev–Trinajstić information content (AvgIpc) is 3.01. The first-order valence-corrected chi connectivity index (χ1v) is 15.9. The first-order valence-electron chi connectivity index (χ1n) is 15.1. The number of anilines is 4. The van der Waals surface area contributed by atoms with Crippen LogP contribution in [0.2, 0.25) is 10.0 Å². The second-order valence-electron chi connectivity index (χ2n) is 12.0. The van der Waals surface area contributed by atoms with Crippen molar-refractivity contribution in [3.63, 3.8) is 0 Å². The average molecular weight is 697 g/mol. The second-order valence-corrected chi connectivity index (χ2v) is 12.8. The number of halogens is 2. The van der Waals surface area contributed by atoms with Gasteiger partial charge in [-0.2, -0.15) is 0 Å². The molecule has 0 saturated carbocycles. The topological polar surface area (TPSA) is 181 Å². The number of ether oxygens (including phenoxy) is 3. The van der Waals surface area contributed by atoms with Crippen molar-refractivity contribution in [2.75, 3.05) is 35.6 Å². The lowest BCUT2D eigenvalue weighted by atomic mass is 9.93. The van der Waals surface area contributed by atoms with Crippen LogP contribution >= 0.6 is 23.2 Å². The van der Waals surface area contributed by atoms with Crippen molar-refractivity contribution in [3.05, 3.63) is 83.1 Å². The molecule has 5 rings (SSSR count). The van der Waals surface area contributed by atoms with Crippen molar-refractivity contribution >= 4 is 58.2 Å². The summed E-state index contributed by atoms with van der Waals surface area (Å²) in [5, 5.41) is 3.68. The van der Waals surface area contributed by atoms with Crippen molar-refractivity contribution in [3.8, 4) is 23.0 Å². The number of hydrogen-bond donors (Lipinski definition) is 4. The van der Waals surface area contributed by atoms with Crippen LogP contribution < -0.4 is 32.0 Å². The SMILES string of the molecule is CC(C)(C)OC(=O)N1CCC(CC(=O)Nc2cc(Oc3ccc(N)c(Cl)c3)ccn2)CC1.Nc1cc(Oc2ccc(N)c(Cl)c2)ccn1. The van der Waals surface area contributed by atoms with E-state index >= 15 is 0 Å². The third-order valence-electron chi connectivity index (χ3n) is 6.91. The van der Waals surface area contributed by atoms with Gasteiger partial charge < -0.3 is 41.6 Å². The van der Waals surface area contributed by atoms with Crippen LogP contribution in [-0.2, 0) is 9.53 Å². The van der Waals surface area contributed by atoms with Gasteiger partial charge in [0.25, 0.3) is 0 Å². The monoisotopic (exact) mass is 695 g/mol. The second kappa shape index (κ2) is 16.2. The van der Waals surface area contributed by atoms with E-state index in [1.807, 2.05) is 20.8 Å². The minimum Gasteiger partial charge on any atom is -0.457 e. The third kappa shape index (κ3) is 11.4. The molecule has 14 heteroatoms. The molecule has 4 aromatic rings. The molecular formula is C34H39Cl2N7O5. The maximum absolute atomic E-state index is 12.5. The molecule has 1 aliphatic rings. The molecular weight excluding hydrogens is 657 g/mol. The van der Waals surface area contributed by atoms with Crippen LogP contribution in [0.5, 0.6) is 23.0 Å². The number of rotatable bonds is 7. The Morgan fingerprint density at radius 3 is 1.85 bits per heavy atom. The van der Waals surface area contributed by atoms with Gasteiger partial charge in [0.2, 0.25) is 5.91 Å². The smallest absolute Gasteiger partial charge is 0.410 e. The first kappa shape index (κ1) is 35.9. The number of benzene rings is 2. The Balaban J connectivity index is 0.000000271. The number of carbonyl (C=O) groups excluding carboxylic acids is 2. The number of nitrogens with one attached hydrogen (secondary N) is 1. The molecule has 1 fully saturated rings. The molecule has 1 aliphatic heterocycles. The van der Waals surface area contributed by atoms with Gasteiger partial charge >= 0.3 is 6.09 Å². The van der Waals surface area contributed by atoms with E-state index in [4.69, 9.17) is 54.6 Å². The number of nitrogens with two attached hydrogens (primary N) is 3. The van der Waals surface area contributed by atoms with E-state index in [0.29, 0.717) is 75.6 Å². The summed E-state index contributed by atoms with van der Waals surface area (Å²) in [7, 11) is 0. The van der Waals surface area contributed by atoms with Crippen molar-refractivity contribution in [1.29, 1.82) is 0 Å². The van der Waals surface area contributed by atoms with Gasteiger partial charge in [-0.15, -0.1) is 0 Å². The van der Waals surface area contributed by atoms with Gasteiger partial charge in [-0.05, 0) is 75.9 Å². The number of nitrogen functional groups attached to an aromatic ring is 3. The van der Waals surface area contributed by atoms with E-state index < -0.39 is 5.60 Å². The molecule has 0 aliphatic carbocycles. The first-order chi connectivity index (χ1) is 22.7. The molecule has 7 N–H and O–H groups in total. The number of amides is 2. The van der Waals surface area contributed by atoms with E-state index in [-0.39, 0.29) is 17.9 Å². The molecule has 12 nitrogen and oxygen atoms in total. The summed E-state index contributed by atoms with van der Waals surface area (Å²) in [5.41, 5.74) is 17.3. The molecule has 3 heterocycles. The molecule has 0 spiro atoms. The molecule has 2 aromatic heterocycles. The molecule has 2 amide bonds. The van der Waals surface area contributed by atoms with Crippen LogP contribution in [0.3, 0.4) is 0 Å². The zero-order chi connectivity index (χ0) is 34.8. The number of hydrogen-bond acceptors (Lipinski definition) is 10. The van der Waals surface area contributed by atoms with Crippen molar-refractivity contribution in [2.24, 2.45) is 5.92 Å². The van der Waals surface area contributed by atoms with Crippen molar-refractivity contribution < 1.29 is 23.8 Å². The molecule has 254 valence electrons. The van der Waals surface area contributed by atoms with Crippen LogP contribution in [0.4, 0.5) is 27.8 Å². The number of nitrogens with zero attached hydrogens (tertiary/aromatic N) is 3. The maximum Gasteiger partial charge on any atom is 0.410 e. The highest BCUT2D eigenvalue weighted by Crippen LogP contribution is 2.30. The third-order valence-corrected chi connectivity index (χ3v) is 7.56. The number of pyridine rings is 2. The molecule has 48 heavy (non-hydrogen) atoms. The maximum atomic E-state index is 12.5. The highest BCUT2D eigenvalue weighted by molar-refractivity contribution is 6.33. The fraction of sp³-hybridized carbons (Fsp3) is 0.294. The number of likely N-dealkylation sites (tertiary alicyclic amines) is 1. The minimum absolute atomic E-state index is 0.124. The predicted octanol–water partition coefficient (Wildman–Crippen LogP) is 7.78. The summed E-state index contributed by atoms with van der Waals surface area (Å²) < 4.78 is 16.7. The molecule has 0 radical (unpaired) electrons. The van der Waals surface area contributed by atoms with Crippen LogP contribution in [-0.4, -0.2) is 45.6 Å². The number of piperidine rings is 1. The zero-order valence-corrected chi connectivity index (χ0v) is 28.4. The lowest BCUT2D eigenvalue weighted by Gasteiger charge is -2.33. The van der Waals surface area contributed by atoms with Crippen LogP contribution in [0.25, 0.3) is 0 Å². The predicted molar refractivity (Wildman–Crippen MR) is 189 cm³/mol. The summed E-state index contributed by atoms with van der Waals surface area (Å²) in [4.78, 5) is 34.4. The fourth-order valence-corrected chi connectivity index (χ4v) is 4.89. The number of aromatic nitrogens is 2. The van der Waals surface area contributed by atoms with E-state index in [9.17, 15) is 9.59 Å². The number of carbonyl (C=O) groups is 2. The van der Waals surface area contributed by atoms with Gasteiger partial charge in [-0.25, -0.2) is 14.8 Å². The largest absolute Gasteiger partial charge is 0.457 e. The van der Waals surface area contributed by atoms with E-state index in [0.717, 1.165) is 12.8 Å².